The summed E-state index contributed by atoms with van der Waals surface area (Å²) in [5, 5.41) is 3.30. The number of thiocarbonyl (C=S) groups is 1. The number of nitrogens with one attached hydrogen (secondary N) is 1. The monoisotopic (exact) mass is 414 g/mol. The Labute approximate surface area is 139 Å². The van der Waals surface area contributed by atoms with Gasteiger partial charge in [-0.2, -0.15) is 0 Å². The molecule has 0 aliphatic rings. The Morgan fingerprint density at radius 3 is 2.60 bits per heavy atom. The van der Waals surface area contributed by atoms with E-state index in [1.54, 1.807) is 7.11 Å². The van der Waals surface area contributed by atoms with Crippen LogP contribution in [0, 0.1) is 0 Å². The highest BCUT2D eigenvalue weighted by molar-refractivity contribution is 9.10. The van der Waals surface area contributed by atoms with E-state index in [0.29, 0.717) is 4.99 Å². The van der Waals surface area contributed by atoms with Gasteiger partial charge in [-0.25, -0.2) is 0 Å². The van der Waals surface area contributed by atoms with Gasteiger partial charge in [-0.15, -0.1) is 0 Å². The van der Waals surface area contributed by atoms with Gasteiger partial charge in [0.15, 0.2) is 0 Å². The molecule has 0 radical (unpaired) electrons. The summed E-state index contributed by atoms with van der Waals surface area (Å²) in [6, 6.07) is 11.5. The van der Waals surface area contributed by atoms with Crippen LogP contribution in [0.3, 0.4) is 0 Å². The minimum Gasteiger partial charge on any atom is -0.495 e. The van der Waals surface area contributed by atoms with Crippen molar-refractivity contribution in [1.29, 1.82) is 0 Å². The minimum atomic E-state index is 0.328. The van der Waals surface area contributed by atoms with Gasteiger partial charge in [0.2, 0.25) is 0 Å². The molecule has 0 fully saturated rings. The van der Waals surface area contributed by atoms with Crippen LogP contribution in [0.2, 0.25) is 0 Å². The maximum atomic E-state index is 5.79. The van der Waals surface area contributed by atoms with Crippen LogP contribution in [-0.4, -0.2) is 12.1 Å². The van der Waals surface area contributed by atoms with Crippen molar-refractivity contribution in [3.8, 4) is 5.75 Å². The first-order valence-electron chi connectivity index (χ1n) is 5.72. The molecule has 3 nitrogen and oxygen atoms in total. The molecule has 2 aromatic carbocycles. The van der Waals surface area contributed by atoms with Gasteiger partial charge < -0.3 is 15.8 Å². The Balaban J connectivity index is 2.48. The highest BCUT2D eigenvalue weighted by Gasteiger charge is 2.11. The average Bonchev–Trinajstić information content (AvgIpc) is 2.38. The third kappa shape index (κ3) is 3.31. The second kappa shape index (κ2) is 6.56. The van der Waals surface area contributed by atoms with E-state index >= 15 is 0 Å². The van der Waals surface area contributed by atoms with Gasteiger partial charge in [-0.1, -0.05) is 34.2 Å². The lowest BCUT2D eigenvalue weighted by Gasteiger charge is -2.15. The van der Waals surface area contributed by atoms with Gasteiger partial charge in [0.25, 0.3) is 0 Å². The molecule has 0 heterocycles. The average molecular weight is 416 g/mol. The fraction of sp³-hybridized carbons (Fsp3) is 0.0714. The molecule has 0 bridgehead atoms. The zero-order valence-corrected chi connectivity index (χ0v) is 14.6. The van der Waals surface area contributed by atoms with E-state index in [9.17, 15) is 0 Å². The van der Waals surface area contributed by atoms with E-state index in [-0.39, 0.29) is 0 Å². The van der Waals surface area contributed by atoms with Crippen LogP contribution in [0.4, 0.5) is 11.4 Å². The van der Waals surface area contributed by atoms with Crippen LogP contribution in [-0.2, 0) is 0 Å². The Kier molecular flexibility index (Phi) is 5.01. The predicted molar refractivity (Wildman–Crippen MR) is 94.0 cm³/mol. The van der Waals surface area contributed by atoms with Crippen LogP contribution in [0.1, 0.15) is 5.56 Å². The summed E-state index contributed by atoms with van der Waals surface area (Å²) in [7, 11) is 1.63. The number of hydrogen-bond acceptors (Lipinski definition) is 3. The van der Waals surface area contributed by atoms with Gasteiger partial charge in [-0.05, 0) is 46.3 Å². The van der Waals surface area contributed by atoms with Gasteiger partial charge in [0.1, 0.15) is 10.7 Å². The van der Waals surface area contributed by atoms with Crippen molar-refractivity contribution in [3.63, 3.8) is 0 Å². The number of hydrogen-bond donors (Lipinski definition) is 2. The summed E-state index contributed by atoms with van der Waals surface area (Å²) < 4.78 is 7.15. The summed E-state index contributed by atoms with van der Waals surface area (Å²) in [5.74, 6) is 0.738. The summed E-state index contributed by atoms with van der Waals surface area (Å²) in [6.45, 7) is 0. The van der Waals surface area contributed by atoms with Gasteiger partial charge in [0, 0.05) is 20.2 Å². The third-order valence-corrected chi connectivity index (χ3v) is 4.05. The van der Waals surface area contributed by atoms with Crippen molar-refractivity contribution in [2.75, 3.05) is 12.4 Å². The Morgan fingerprint density at radius 1 is 1.20 bits per heavy atom. The summed E-state index contributed by atoms with van der Waals surface area (Å²) in [6.07, 6.45) is 0. The Morgan fingerprint density at radius 2 is 1.95 bits per heavy atom. The summed E-state index contributed by atoms with van der Waals surface area (Å²) >= 11 is 12.0. The van der Waals surface area contributed by atoms with E-state index in [1.165, 1.54) is 0 Å². The fourth-order valence-electron chi connectivity index (χ4n) is 1.80. The molecule has 0 spiro atoms. The molecule has 104 valence electrons. The van der Waals surface area contributed by atoms with E-state index in [4.69, 9.17) is 22.7 Å². The molecule has 0 amide bonds. The first-order chi connectivity index (χ1) is 9.52. The number of methoxy groups -OCH3 is 1. The molecule has 20 heavy (non-hydrogen) atoms. The molecule has 3 N–H and O–H groups in total. The zero-order chi connectivity index (χ0) is 14.7. The fourth-order valence-corrected chi connectivity index (χ4v) is 3.09. The molecule has 6 heteroatoms. The first kappa shape index (κ1) is 15.3. The lowest BCUT2D eigenvalue weighted by Crippen LogP contribution is -2.13. The van der Waals surface area contributed by atoms with E-state index in [0.717, 1.165) is 31.6 Å². The van der Waals surface area contributed by atoms with E-state index in [1.807, 2.05) is 36.4 Å². The molecule has 2 aromatic rings. The van der Waals surface area contributed by atoms with Gasteiger partial charge in [0.05, 0.1) is 12.8 Å². The molecule has 0 aliphatic carbocycles. The summed E-state index contributed by atoms with van der Waals surface area (Å²) in [4.78, 5) is 0.328. The lowest BCUT2D eigenvalue weighted by molar-refractivity contribution is 0.417. The largest absolute Gasteiger partial charge is 0.495 e. The molecule has 0 saturated heterocycles. The number of benzene rings is 2. The van der Waals surface area contributed by atoms with Crippen LogP contribution in [0.5, 0.6) is 5.75 Å². The molecule has 0 aliphatic heterocycles. The topological polar surface area (TPSA) is 47.3 Å². The van der Waals surface area contributed by atoms with Crippen molar-refractivity contribution in [3.05, 3.63) is 50.9 Å². The highest BCUT2D eigenvalue weighted by Crippen LogP contribution is 2.33. The van der Waals surface area contributed by atoms with Crippen LogP contribution < -0.4 is 15.8 Å². The predicted octanol–water partition coefficient (Wildman–Crippen LogP) is 4.60. The SMILES string of the molecule is COc1ccc(Br)cc1Nc1cccc(Br)c1C(N)=S. The van der Waals surface area contributed by atoms with E-state index < -0.39 is 0 Å². The molecule has 0 atom stereocenters. The van der Waals surface area contributed by atoms with Crippen LogP contribution in [0.15, 0.2) is 45.3 Å². The van der Waals surface area contributed by atoms with Gasteiger partial charge in [-0.3, -0.25) is 0 Å². The first-order valence-corrected chi connectivity index (χ1v) is 7.71. The van der Waals surface area contributed by atoms with Gasteiger partial charge >= 0.3 is 0 Å². The quantitative estimate of drug-likeness (QED) is 0.716. The third-order valence-electron chi connectivity index (χ3n) is 2.69. The van der Waals surface area contributed by atoms with Crippen molar-refractivity contribution < 1.29 is 4.74 Å². The Bertz CT molecular complexity index is 662. The molecular formula is C14H12Br2N2OS. The second-order valence-corrected chi connectivity index (χ2v) is 6.21. The summed E-state index contributed by atoms with van der Waals surface area (Å²) in [5.41, 5.74) is 8.21. The normalized spacial score (nSPS) is 10.2. The number of anilines is 2. The standard InChI is InChI=1S/C14H12Br2N2OS/c1-19-12-6-5-8(15)7-11(12)18-10-4-2-3-9(16)13(10)14(17)20/h2-7,18H,1H3,(H2,17,20). The minimum absolute atomic E-state index is 0.328. The molecule has 0 saturated carbocycles. The molecule has 2 rings (SSSR count). The van der Waals surface area contributed by atoms with Crippen LogP contribution >= 0.6 is 44.1 Å². The number of halogens is 2. The lowest BCUT2D eigenvalue weighted by atomic mass is 10.1. The van der Waals surface area contributed by atoms with Crippen LogP contribution in [0.25, 0.3) is 0 Å². The van der Waals surface area contributed by atoms with Crippen molar-refractivity contribution in [2.24, 2.45) is 5.73 Å². The zero-order valence-electron chi connectivity index (χ0n) is 10.6. The smallest absolute Gasteiger partial charge is 0.142 e. The maximum Gasteiger partial charge on any atom is 0.142 e. The maximum absolute atomic E-state index is 5.79. The van der Waals surface area contributed by atoms with E-state index in [2.05, 4.69) is 37.2 Å². The molecule has 0 unspecified atom stereocenters. The molecular weight excluding hydrogens is 404 g/mol. The van der Waals surface area contributed by atoms with Crippen molar-refractivity contribution in [1.82, 2.24) is 0 Å². The second-order valence-electron chi connectivity index (χ2n) is 4.00. The number of rotatable bonds is 4. The number of nitrogens with two attached hydrogens (primary N) is 1. The molecule has 0 aromatic heterocycles. The number of ether oxygens (including phenoxy) is 1. The van der Waals surface area contributed by atoms with Crippen molar-refractivity contribution in [2.45, 2.75) is 0 Å². The van der Waals surface area contributed by atoms with Crippen molar-refractivity contribution >= 4 is 60.4 Å². The Hall–Kier alpha value is -1.11. The highest BCUT2D eigenvalue weighted by atomic mass is 79.9.